The second-order valence-electron chi connectivity index (χ2n) is 12.0. The minimum atomic E-state index is -1.54. The van der Waals surface area contributed by atoms with Crippen LogP contribution >= 0.6 is 0 Å². The first kappa shape index (κ1) is 32.8. The number of carbonyl (C=O) groups is 2. The standard InChI is InChI=1S/C32H42N6O6/c1-31(2,3)44-27(40)16-17-32(30(41)36-38-18-7-4-8-19-38)28(26-11-6-5-10-24(26)22-34-37-33)43-29(35-32)23-12-14-25(15-13-23)42-21-9-20-39/h5-6,10-15,28,39H,4,7-9,16-22H2,1-3H3,(H,36,41)/t28-,32-/m0/s1. The number of aliphatic hydroxyl groups is 1. The molecule has 0 spiro atoms. The van der Waals surface area contributed by atoms with E-state index in [9.17, 15) is 9.59 Å². The Labute approximate surface area is 258 Å². The van der Waals surface area contributed by atoms with Crippen LogP contribution in [0.25, 0.3) is 10.4 Å². The van der Waals surface area contributed by atoms with Crippen molar-refractivity contribution in [1.82, 2.24) is 10.4 Å². The van der Waals surface area contributed by atoms with Gasteiger partial charge in [-0.3, -0.25) is 15.0 Å². The predicted octanol–water partition coefficient (Wildman–Crippen LogP) is 5.15. The Kier molecular flexibility index (Phi) is 11.2. The van der Waals surface area contributed by atoms with Gasteiger partial charge in [-0.1, -0.05) is 35.8 Å². The number of rotatable bonds is 13. The van der Waals surface area contributed by atoms with Crippen molar-refractivity contribution in [3.63, 3.8) is 0 Å². The minimum absolute atomic E-state index is 0.0218. The summed E-state index contributed by atoms with van der Waals surface area (Å²) in [5, 5.41) is 14.7. The van der Waals surface area contributed by atoms with Crippen LogP contribution in [-0.2, 0) is 25.6 Å². The molecule has 12 heteroatoms. The Morgan fingerprint density at radius 1 is 1.16 bits per heavy atom. The first-order valence-corrected chi connectivity index (χ1v) is 15.1. The van der Waals surface area contributed by atoms with Crippen molar-refractivity contribution in [2.24, 2.45) is 10.1 Å². The molecule has 0 aromatic heterocycles. The molecular formula is C32H42N6O6. The predicted molar refractivity (Wildman–Crippen MR) is 165 cm³/mol. The van der Waals surface area contributed by atoms with Gasteiger partial charge in [0.25, 0.3) is 5.91 Å². The van der Waals surface area contributed by atoms with Crippen molar-refractivity contribution in [2.75, 3.05) is 26.3 Å². The van der Waals surface area contributed by atoms with E-state index in [1.807, 2.05) is 29.3 Å². The van der Waals surface area contributed by atoms with Gasteiger partial charge in [0.15, 0.2) is 11.6 Å². The van der Waals surface area contributed by atoms with Gasteiger partial charge in [-0.15, -0.1) is 0 Å². The van der Waals surface area contributed by atoms with E-state index in [2.05, 4.69) is 15.5 Å². The number of aliphatic imine (C=N–C) groups is 1. The number of hydrogen-bond donors (Lipinski definition) is 2. The van der Waals surface area contributed by atoms with Gasteiger partial charge in [0.05, 0.1) is 13.2 Å². The number of aliphatic hydroxyl groups excluding tert-OH is 1. The third kappa shape index (κ3) is 8.49. The summed E-state index contributed by atoms with van der Waals surface area (Å²) in [6.45, 7) is 7.28. The van der Waals surface area contributed by atoms with Crippen LogP contribution < -0.4 is 10.2 Å². The van der Waals surface area contributed by atoms with Gasteiger partial charge in [0.1, 0.15) is 11.4 Å². The normalized spacial score (nSPS) is 20.2. The molecule has 2 aromatic rings. The maximum Gasteiger partial charge on any atom is 0.306 e. The number of ether oxygens (including phenoxy) is 3. The van der Waals surface area contributed by atoms with Gasteiger partial charge in [-0.2, -0.15) is 0 Å². The van der Waals surface area contributed by atoms with E-state index >= 15 is 0 Å². The number of piperidine rings is 1. The quantitative estimate of drug-likeness (QED) is 0.105. The van der Waals surface area contributed by atoms with E-state index < -0.39 is 23.2 Å². The lowest BCUT2D eigenvalue weighted by Crippen LogP contribution is -2.55. The van der Waals surface area contributed by atoms with Crippen LogP contribution in [-0.4, -0.2) is 65.3 Å². The third-order valence-electron chi connectivity index (χ3n) is 7.42. The molecule has 2 N–H and O–H groups in total. The van der Waals surface area contributed by atoms with E-state index in [4.69, 9.17) is 29.8 Å². The zero-order valence-electron chi connectivity index (χ0n) is 25.7. The summed E-state index contributed by atoms with van der Waals surface area (Å²) in [6.07, 6.45) is 2.56. The van der Waals surface area contributed by atoms with Gasteiger partial charge in [-0.25, -0.2) is 10.0 Å². The number of benzene rings is 2. The number of amides is 1. The Bertz CT molecular complexity index is 1360. The fraction of sp³-hybridized carbons (Fsp3) is 0.531. The Morgan fingerprint density at radius 2 is 1.89 bits per heavy atom. The number of nitrogens with zero attached hydrogens (tertiary/aromatic N) is 5. The van der Waals surface area contributed by atoms with E-state index in [0.717, 1.165) is 19.3 Å². The molecule has 2 heterocycles. The van der Waals surface area contributed by atoms with Crippen molar-refractivity contribution in [2.45, 2.75) is 83.1 Å². The van der Waals surface area contributed by atoms with Crippen LogP contribution in [0.4, 0.5) is 0 Å². The van der Waals surface area contributed by atoms with Crippen LogP contribution in [0.2, 0.25) is 0 Å². The molecule has 236 valence electrons. The van der Waals surface area contributed by atoms with E-state index in [0.29, 0.717) is 48.6 Å². The molecule has 4 rings (SSSR count). The molecule has 1 amide bonds. The SMILES string of the molecule is CC(C)(C)OC(=O)CC[C@]1(C(=O)NN2CCCCC2)N=C(c2ccc(OCCCO)cc2)O[C@H]1c1ccccc1CN=[N+]=[N-]. The number of nitrogens with one attached hydrogen (secondary N) is 1. The molecule has 44 heavy (non-hydrogen) atoms. The van der Waals surface area contributed by atoms with E-state index in [1.165, 1.54) is 0 Å². The molecule has 0 radical (unpaired) electrons. The summed E-state index contributed by atoms with van der Waals surface area (Å²) in [6, 6.07) is 14.5. The van der Waals surface area contributed by atoms with Gasteiger partial charge in [0.2, 0.25) is 5.90 Å². The number of hydrogen-bond acceptors (Lipinski definition) is 9. The highest BCUT2D eigenvalue weighted by molar-refractivity contribution is 6.01. The van der Waals surface area contributed by atoms with Gasteiger partial charge < -0.3 is 19.3 Å². The Hall–Kier alpha value is -4.12. The topological polar surface area (TPSA) is 158 Å². The van der Waals surface area contributed by atoms with Crippen molar-refractivity contribution < 1.29 is 28.9 Å². The largest absolute Gasteiger partial charge is 0.494 e. The lowest BCUT2D eigenvalue weighted by atomic mass is 9.82. The smallest absolute Gasteiger partial charge is 0.306 e. The van der Waals surface area contributed by atoms with Crippen LogP contribution in [0.15, 0.2) is 58.6 Å². The summed E-state index contributed by atoms with van der Waals surface area (Å²) in [7, 11) is 0. The summed E-state index contributed by atoms with van der Waals surface area (Å²) in [5.41, 5.74) is 11.8. The van der Waals surface area contributed by atoms with E-state index in [1.54, 1.807) is 45.0 Å². The third-order valence-corrected chi connectivity index (χ3v) is 7.42. The van der Waals surface area contributed by atoms with Crippen LogP contribution in [0.1, 0.15) is 82.1 Å². The Morgan fingerprint density at radius 3 is 2.57 bits per heavy atom. The highest BCUT2D eigenvalue weighted by Gasteiger charge is 2.54. The molecule has 0 saturated carbocycles. The average molecular weight is 607 g/mol. The molecule has 1 fully saturated rings. The fourth-order valence-electron chi connectivity index (χ4n) is 5.32. The second-order valence-corrected chi connectivity index (χ2v) is 12.0. The van der Waals surface area contributed by atoms with Crippen LogP contribution in [0.3, 0.4) is 0 Å². The first-order valence-electron chi connectivity index (χ1n) is 15.1. The maximum atomic E-state index is 14.4. The molecule has 2 aliphatic rings. The molecular weight excluding hydrogens is 564 g/mol. The van der Waals surface area contributed by atoms with E-state index in [-0.39, 0.29) is 37.8 Å². The molecule has 0 bridgehead atoms. The Balaban J connectivity index is 1.77. The molecule has 0 aliphatic carbocycles. The highest BCUT2D eigenvalue weighted by atomic mass is 16.6. The van der Waals surface area contributed by atoms with Gasteiger partial charge in [0, 0.05) is 43.0 Å². The number of azide groups is 1. The highest BCUT2D eigenvalue weighted by Crippen LogP contribution is 2.44. The monoisotopic (exact) mass is 606 g/mol. The lowest BCUT2D eigenvalue weighted by molar-refractivity contribution is -0.155. The van der Waals surface area contributed by atoms with Crippen molar-refractivity contribution in [3.8, 4) is 5.75 Å². The van der Waals surface area contributed by atoms with Gasteiger partial charge >= 0.3 is 5.97 Å². The molecule has 12 nitrogen and oxygen atoms in total. The summed E-state index contributed by atoms with van der Waals surface area (Å²) >= 11 is 0. The fourth-order valence-corrected chi connectivity index (χ4v) is 5.32. The van der Waals surface area contributed by atoms with Crippen LogP contribution in [0.5, 0.6) is 5.75 Å². The minimum Gasteiger partial charge on any atom is -0.494 e. The molecule has 2 aliphatic heterocycles. The second kappa shape index (κ2) is 15.1. The number of esters is 1. The van der Waals surface area contributed by atoms with Crippen molar-refractivity contribution in [3.05, 3.63) is 75.7 Å². The number of hydrazine groups is 1. The molecule has 2 aromatic carbocycles. The first-order chi connectivity index (χ1) is 21.1. The van der Waals surface area contributed by atoms with Gasteiger partial charge in [-0.05, 0) is 81.0 Å². The van der Waals surface area contributed by atoms with Crippen molar-refractivity contribution in [1.29, 1.82) is 0 Å². The zero-order valence-corrected chi connectivity index (χ0v) is 25.7. The van der Waals surface area contributed by atoms with Crippen molar-refractivity contribution >= 4 is 17.8 Å². The summed E-state index contributed by atoms with van der Waals surface area (Å²) in [5.74, 6) is 0.0341. The van der Waals surface area contributed by atoms with Crippen LogP contribution in [0, 0.1) is 0 Å². The lowest BCUT2D eigenvalue weighted by Gasteiger charge is -2.35. The zero-order chi connectivity index (χ0) is 31.6. The summed E-state index contributed by atoms with van der Waals surface area (Å²) in [4.78, 5) is 35.3. The number of carbonyl (C=O) groups excluding carboxylic acids is 2. The molecule has 0 unspecified atom stereocenters. The molecule has 2 atom stereocenters. The maximum absolute atomic E-state index is 14.4. The molecule has 1 saturated heterocycles. The summed E-state index contributed by atoms with van der Waals surface area (Å²) < 4.78 is 17.8. The average Bonchev–Trinajstić information content (AvgIpc) is 3.40.